The summed E-state index contributed by atoms with van der Waals surface area (Å²) in [6.45, 7) is 0. The van der Waals surface area contributed by atoms with E-state index >= 15 is 0 Å². The van der Waals surface area contributed by atoms with Gasteiger partial charge in [0.25, 0.3) is 5.91 Å². The van der Waals surface area contributed by atoms with Crippen molar-refractivity contribution in [1.29, 1.82) is 0 Å². The fraction of sp³-hybridized carbons (Fsp3) is 0.250. The zero-order valence-corrected chi connectivity index (χ0v) is 14.1. The molecule has 1 unspecified atom stereocenters. The maximum Gasteiger partial charge on any atom is 0.305 e. The Kier molecular flexibility index (Phi) is 6.89. The highest BCUT2D eigenvalue weighted by Crippen LogP contribution is 2.09. The first-order chi connectivity index (χ1) is 12.1. The molecule has 1 N–H and O–H groups in total. The first-order valence-electron chi connectivity index (χ1n) is 8.11. The van der Waals surface area contributed by atoms with E-state index in [1.165, 1.54) is 7.11 Å². The summed E-state index contributed by atoms with van der Waals surface area (Å²) < 4.78 is 4.65. The standard InChI is InChI=1S/C20H21NO4/c1-25-18(22)13-12-17(14-15-8-4-2-5-9-15)21-20(24)19(23)16-10-6-3-7-11-16/h2-11,17H,12-14H2,1H3,(H,21,24). The summed E-state index contributed by atoms with van der Waals surface area (Å²) >= 11 is 0. The number of esters is 1. The van der Waals surface area contributed by atoms with E-state index in [0.29, 0.717) is 18.4 Å². The molecule has 25 heavy (non-hydrogen) atoms. The van der Waals surface area contributed by atoms with Gasteiger partial charge in [-0.05, 0) is 18.4 Å². The molecule has 5 nitrogen and oxygen atoms in total. The van der Waals surface area contributed by atoms with E-state index in [1.807, 2.05) is 30.3 Å². The Morgan fingerprint density at radius 3 is 2.16 bits per heavy atom. The van der Waals surface area contributed by atoms with Crippen LogP contribution in [-0.4, -0.2) is 30.8 Å². The van der Waals surface area contributed by atoms with Crippen molar-refractivity contribution in [1.82, 2.24) is 5.32 Å². The largest absolute Gasteiger partial charge is 0.469 e. The Bertz CT molecular complexity index is 713. The van der Waals surface area contributed by atoms with Crippen molar-refractivity contribution in [2.75, 3.05) is 7.11 Å². The normalized spacial score (nSPS) is 11.4. The molecule has 0 bridgehead atoms. The van der Waals surface area contributed by atoms with Crippen molar-refractivity contribution in [2.24, 2.45) is 0 Å². The first-order valence-corrected chi connectivity index (χ1v) is 8.11. The van der Waals surface area contributed by atoms with Crippen molar-refractivity contribution in [3.05, 3.63) is 71.8 Å². The lowest BCUT2D eigenvalue weighted by molar-refractivity contribution is -0.141. The Hall–Kier alpha value is -2.95. The van der Waals surface area contributed by atoms with Crippen LogP contribution >= 0.6 is 0 Å². The zero-order valence-electron chi connectivity index (χ0n) is 14.1. The van der Waals surface area contributed by atoms with Crippen molar-refractivity contribution in [3.63, 3.8) is 0 Å². The summed E-state index contributed by atoms with van der Waals surface area (Å²) in [7, 11) is 1.33. The van der Waals surface area contributed by atoms with Crippen LogP contribution in [-0.2, 0) is 20.7 Å². The molecule has 1 amide bonds. The van der Waals surface area contributed by atoms with Gasteiger partial charge in [-0.15, -0.1) is 0 Å². The molecule has 5 heteroatoms. The molecule has 0 spiro atoms. The number of rotatable bonds is 8. The van der Waals surface area contributed by atoms with Crippen LogP contribution in [0.3, 0.4) is 0 Å². The molecule has 0 saturated carbocycles. The summed E-state index contributed by atoms with van der Waals surface area (Å²) in [6.07, 6.45) is 1.11. The fourth-order valence-electron chi connectivity index (χ4n) is 2.49. The maximum atomic E-state index is 12.3. The average molecular weight is 339 g/mol. The van der Waals surface area contributed by atoms with E-state index in [1.54, 1.807) is 30.3 Å². The van der Waals surface area contributed by atoms with E-state index in [4.69, 9.17) is 0 Å². The van der Waals surface area contributed by atoms with Crippen LogP contribution in [0.15, 0.2) is 60.7 Å². The number of nitrogens with one attached hydrogen (secondary N) is 1. The molecule has 2 aromatic rings. The van der Waals surface area contributed by atoms with Crippen molar-refractivity contribution < 1.29 is 19.1 Å². The number of hydrogen-bond acceptors (Lipinski definition) is 4. The second kappa shape index (κ2) is 9.37. The van der Waals surface area contributed by atoms with Gasteiger partial charge in [-0.2, -0.15) is 0 Å². The predicted molar refractivity (Wildman–Crippen MR) is 94.1 cm³/mol. The molecule has 130 valence electrons. The molecule has 1 atom stereocenters. The third-order valence-corrected chi connectivity index (χ3v) is 3.83. The SMILES string of the molecule is COC(=O)CCC(Cc1ccccc1)NC(=O)C(=O)c1ccccc1. The Balaban J connectivity index is 2.04. The third kappa shape index (κ3) is 5.88. The Morgan fingerprint density at radius 1 is 0.960 bits per heavy atom. The molecule has 0 radical (unpaired) electrons. The van der Waals surface area contributed by atoms with Crippen molar-refractivity contribution in [3.8, 4) is 0 Å². The monoisotopic (exact) mass is 339 g/mol. The highest BCUT2D eigenvalue weighted by Gasteiger charge is 2.21. The van der Waals surface area contributed by atoms with Crippen LogP contribution in [0.5, 0.6) is 0 Å². The van der Waals surface area contributed by atoms with E-state index in [-0.39, 0.29) is 18.4 Å². The smallest absolute Gasteiger partial charge is 0.305 e. The number of Topliss-reactive ketones (excluding diaryl/α,β-unsaturated/α-hetero) is 1. The van der Waals surface area contributed by atoms with E-state index < -0.39 is 11.7 Å². The topological polar surface area (TPSA) is 72.5 Å². The van der Waals surface area contributed by atoms with Gasteiger partial charge in [0.1, 0.15) is 0 Å². The minimum absolute atomic E-state index is 0.174. The van der Waals surface area contributed by atoms with E-state index in [0.717, 1.165) is 5.56 Å². The van der Waals surface area contributed by atoms with Crippen LogP contribution < -0.4 is 5.32 Å². The van der Waals surface area contributed by atoms with Gasteiger partial charge in [-0.25, -0.2) is 0 Å². The zero-order chi connectivity index (χ0) is 18.1. The minimum Gasteiger partial charge on any atom is -0.469 e. The lowest BCUT2D eigenvalue weighted by Gasteiger charge is -2.18. The van der Waals surface area contributed by atoms with Crippen molar-refractivity contribution in [2.45, 2.75) is 25.3 Å². The van der Waals surface area contributed by atoms with Crippen LogP contribution in [0.4, 0.5) is 0 Å². The van der Waals surface area contributed by atoms with Crippen molar-refractivity contribution >= 4 is 17.7 Å². The first kappa shape index (κ1) is 18.4. The van der Waals surface area contributed by atoms with Gasteiger partial charge in [0.05, 0.1) is 7.11 Å². The summed E-state index contributed by atoms with van der Waals surface area (Å²) in [5.74, 6) is -1.60. The van der Waals surface area contributed by atoms with Gasteiger partial charge in [0, 0.05) is 18.0 Å². The molecule has 0 aromatic heterocycles. The molecule has 0 saturated heterocycles. The second-order valence-electron chi connectivity index (χ2n) is 5.67. The average Bonchev–Trinajstić information content (AvgIpc) is 2.66. The minimum atomic E-state index is -0.669. The van der Waals surface area contributed by atoms with E-state index in [9.17, 15) is 14.4 Å². The van der Waals surface area contributed by atoms with Gasteiger partial charge in [-0.1, -0.05) is 60.7 Å². The van der Waals surface area contributed by atoms with E-state index in [2.05, 4.69) is 10.1 Å². The lowest BCUT2D eigenvalue weighted by atomic mass is 10.0. The molecule has 2 aromatic carbocycles. The number of methoxy groups -OCH3 is 1. The molecular weight excluding hydrogens is 318 g/mol. The highest BCUT2D eigenvalue weighted by molar-refractivity contribution is 6.42. The Labute approximate surface area is 147 Å². The van der Waals surface area contributed by atoms with Crippen LogP contribution in [0.2, 0.25) is 0 Å². The quantitative estimate of drug-likeness (QED) is 0.456. The van der Waals surface area contributed by atoms with Crippen LogP contribution in [0, 0.1) is 0 Å². The van der Waals surface area contributed by atoms with Gasteiger partial charge in [0.15, 0.2) is 0 Å². The summed E-state index contributed by atoms with van der Waals surface area (Å²) in [5.41, 5.74) is 1.36. The summed E-state index contributed by atoms with van der Waals surface area (Å²) in [6, 6.07) is 17.7. The number of amides is 1. The molecule has 0 aliphatic heterocycles. The molecular formula is C20H21NO4. The van der Waals surface area contributed by atoms with Gasteiger partial charge < -0.3 is 10.1 Å². The number of ketones is 1. The van der Waals surface area contributed by atoms with Crippen LogP contribution in [0.25, 0.3) is 0 Å². The Morgan fingerprint density at radius 2 is 1.56 bits per heavy atom. The highest BCUT2D eigenvalue weighted by atomic mass is 16.5. The molecule has 0 heterocycles. The second-order valence-corrected chi connectivity index (χ2v) is 5.67. The number of hydrogen-bond donors (Lipinski definition) is 1. The fourth-order valence-corrected chi connectivity index (χ4v) is 2.49. The lowest BCUT2D eigenvalue weighted by Crippen LogP contribution is -2.41. The molecule has 0 fully saturated rings. The molecule has 2 rings (SSSR count). The predicted octanol–water partition coefficient (Wildman–Crippen LogP) is 2.55. The van der Waals surface area contributed by atoms with Gasteiger partial charge in [0.2, 0.25) is 5.78 Å². The molecule has 0 aliphatic carbocycles. The van der Waals surface area contributed by atoms with Crippen LogP contribution in [0.1, 0.15) is 28.8 Å². The summed E-state index contributed by atoms with van der Waals surface area (Å²) in [5, 5.41) is 2.75. The third-order valence-electron chi connectivity index (χ3n) is 3.83. The summed E-state index contributed by atoms with van der Waals surface area (Å²) in [4.78, 5) is 35.9. The maximum absolute atomic E-state index is 12.3. The number of carbonyl (C=O) groups is 3. The molecule has 0 aliphatic rings. The number of benzene rings is 2. The van der Waals surface area contributed by atoms with Gasteiger partial charge in [-0.3, -0.25) is 14.4 Å². The van der Waals surface area contributed by atoms with Gasteiger partial charge >= 0.3 is 5.97 Å². The number of carbonyl (C=O) groups excluding carboxylic acids is 3. The number of ether oxygens (including phenoxy) is 1.